The van der Waals surface area contributed by atoms with Gasteiger partial charge in [-0.05, 0) is 57.0 Å². The van der Waals surface area contributed by atoms with E-state index in [2.05, 4.69) is 11.4 Å². The van der Waals surface area contributed by atoms with Gasteiger partial charge >= 0.3 is 5.69 Å². The van der Waals surface area contributed by atoms with Crippen LogP contribution in [-0.2, 0) is 0 Å². The van der Waals surface area contributed by atoms with E-state index in [1.165, 1.54) is 12.1 Å². The van der Waals surface area contributed by atoms with E-state index in [1.54, 1.807) is 15.2 Å². The second-order valence-corrected chi connectivity index (χ2v) is 7.28. The number of halogens is 1. The number of rotatable bonds is 7. The van der Waals surface area contributed by atoms with Crippen LogP contribution in [0.25, 0.3) is 11.0 Å². The molecule has 1 heterocycles. The first-order valence-corrected chi connectivity index (χ1v) is 9.62. The molecule has 3 rings (SSSR count). The summed E-state index contributed by atoms with van der Waals surface area (Å²) in [5, 5.41) is 14.1. The first-order valence-electron chi connectivity index (χ1n) is 9.62. The summed E-state index contributed by atoms with van der Waals surface area (Å²) in [5.74, 6) is -0.394. The second kappa shape index (κ2) is 8.23. The third-order valence-electron chi connectivity index (χ3n) is 5.06. The Hall–Kier alpha value is -2.18. The van der Waals surface area contributed by atoms with Crippen molar-refractivity contribution in [1.82, 2.24) is 14.5 Å². The van der Waals surface area contributed by atoms with Crippen molar-refractivity contribution in [2.24, 2.45) is 0 Å². The third-order valence-corrected chi connectivity index (χ3v) is 5.06. The maximum atomic E-state index is 14.0. The first-order chi connectivity index (χ1) is 13.0. The molecule has 2 aromatic rings. The van der Waals surface area contributed by atoms with Crippen LogP contribution in [-0.4, -0.2) is 33.4 Å². The van der Waals surface area contributed by atoms with Gasteiger partial charge in [0.05, 0.1) is 23.2 Å². The highest BCUT2D eigenvalue weighted by Gasteiger charge is 2.30. The minimum Gasteiger partial charge on any atom is -0.389 e. The topological polar surface area (TPSA) is 59.2 Å². The monoisotopic (exact) mass is 373 g/mol. The Morgan fingerprint density at radius 1 is 1.26 bits per heavy atom. The highest BCUT2D eigenvalue weighted by Crippen LogP contribution is 2.31. The van der Waals surface area contributed by atoms with Crippen molar-refractivity contribution in [2.75, 3.05) is 13.1 Å². The molecule has 0 bridgehead atoms. The summed E-state index contributed by atoms with van der Waals surface area (Å²) in [6.45, 7) is 6.91. The van der Waals surface area contributed by atoms with E-state index in [0.29, 0.717) is 17.6 Å². The molecule has 1 aromatic heterocycles. The van der Waals surface area contributed by atoms with E-state index < -0.39 is 18.0 Å². The van der Waals surface area contributed by atoms with Gasteiger partial charge < -0.3 is 10.4 Å². The molecule has 0 spiro atoms. The highest BCUT2D eigenvalue weighted by molar-refractivity contribution is 5.76. The standard InChI is InChI=1S/C21H28FN3O2/c1-4-23-13-19(26)20(15-8-6-5-7-9-15)25-18-12-16(22)10-11-17(18)24(14(2)3)21(25)27/h5-6,8,10-12,14,19-20,23,26H,4,7,9,13H2,1-3H3/t19?,20-/m0/s1. The summed E-state index contributed by atoms with van der Waals surface area (Å²) in [5.41, 5.74) is 1.97. The van der Waals surface area contributed by atoms with E-state index >= 15 is 0 Å². The maximum Gasteiger partial charge on any atom is 0.330 e. The number of allylic oxidation sites excluding steroid dienone is 3. The van der Waals surface area contributed by atoms with Crippen LogP contribution in [0.15, 0.2) is 46.8 Å². The van der Waals surface area contributed by atoms with Crippen molar-refractivity contribution >= 4 is 11.0 Å². The molecule has 0 radical (unpaired) electrons. The average Bonchev–Trinajstić information content (AvgIpc) is 2.93. The van der Waals surface area contributed by atoms with Gasteiger partial charge in [0.1, 0.15) is 5.82 Å². The van der Waals surface area contributed by atoms with E-state index in [0.717, 1.165) is 25.0 Å². The van der Waals surface area contributed by atoms with Gasteiger partial charge in [-0.3, -0.25) is 9.13 Å². The lowest BCUT2D eigenvalue weighted by atomic mass is 9.93. The van der Waals surface area contributed by atoms with E-state index in [4.69, 9.17) is 0 Å². The molecule has 0 saturated heterocycles. The van der Waals surface area contributed by atoms with Gasteiger partial charge in [0.15, 0.2) is 0 Å². The zero-order valence-corrected chi connectivity index (χ0v) is 16.2. The van der Waals surface area contributed by atoms with Crippen molar-refractivity contribution in [3.8, 4) is 0 Å². The van der Waals surface area contributed by atoms with Crippen LogP contribution in [0, 0.1) is 5.82 Å². The second-order valence-electron chi connectivity index (χ2n) is 7.28. The Kier molecular flexibility index (Phi) is 5.97. The van der Waals surface area contributed by atoms with Crippen molar-refractivity contribution in [3.63, 3.8) is 0 Å². The lowest BCUT2D eigenvalue weighted by Gasteiger charge is -2.28. The van der Waals surface area contributed by atoms with Crippen LogP contribution in [0.4, 0.5) is 4.39 Å². The third kappa shape index (κ3) is 3.77. The van der Waals surface area contributed by atoms with Crippen molar-refractivity contribution in [3.05, 3.63) is 58.3 Å². The fourth-order valence-corrected chi connectivity index (χ4v) is 3.84. The van der Waals surface area contributed by atoms with Crippen LogP contribution < -0.4 is 11.0 Å². The van der Waals surface area contributed by atoms with Gasteiger partial charge in [-0.1, -0.05) is 25.2 Å². The van der Waals surface area contributed by atoms with Gasteiger partial charge in [0.2, 0.25) is 0 Å². The summed E-state index contributed by atoms with van der Waals surface area (Å²) >= 11 is 0. The molecule has 1 unspecified atom stereocenters. The molecular formula is C21H28FN3O2. The number of aliphatic hydroxyl groups excluding tert-OH is 1. The normalized spacial score (nSPS) is 16.7. The van der Waals surface area contributed by atoms with Crippen LogP contribution in [0.2, 0.25) is 0 Å². The van der Waals surface area contributed by atoms with E-state index in [-0.39, 0.29) is 11.7 Å². The molecular weight excluding hydrogens is 345 g/mol. The number of hydrogen-bond acceptors (Lipinski definition) is 3. The lowest BCUT2D eigenvalue weighted by molar-refractivity contribution is 0.125. The number of imidazole rings is 1. The number of benzene rings is 1. The highest BCUT2D eigenvalue weighted by atomic mass is 19.1. The number of nitrogens with one attached hydrogen (secondary N) is 1. The van der Waals surface area contributed by atoms with E-state index in [9.17, 15) is 14.3 Å². The zero-order chi connectivity index (χ0) is 19.6. The SMILES string of the molecule is CCNCC(O)[C@H](C1=CC=CCC1)n1c(=O)n(C(C)C)c2ccc(F)cc21. The number of likely N-dealkylation sites (N-methyl/N-ethyl adjacent to an activating group) is 1. The molecule has 1 aliphatic rings. The summed E-state index contributed by atoms with van der Waals surface area (Å²) < 4.78 is 17.3. The van der Waals surface area contributed by atoms with E-state index in [1.807, 2.05) is 32.9 Å². The molecule has 27 heavy (non-hydrogen) atoms. The molecule has 2 atom stereocenters. The molecule has 1 aromatic carbocycles. The van der Waals surface area contributed by atoms with Crippen LogP contribution in [0.1, 0.15) is 45.7 Å². The van der Waals surface area contributed by atoms with Crippen LogP contribution in [0.3, 0.4) is 0 Å². The van der Waals surface area contributed by atoms with Gasteiger partial charge in [-0.15, -0.1) is 0 Å². The number of hydrogen-bond donors (Lipinski definition) is 2. The Bertz CT molecular complexity index is 923. The molecule has 1 aliphatic carbocycles. The molecule has 5 nitrogen and oxygen atoms in total. The van der Waals surface area contributed by atoms with Gasteiger partial charge in [-0.2, -0.15) is 0 Å². The number of nitrogens with zero attached hydrogens (tertiary/aromatic N) is 2. The zero-order valence-electron chi connectivity index (χ0n) is 16.2. The van der Waals surface area contributed by atoms with Crippen molar-refractivity contribution < 1.29 is 9.50 Å². The fourth-order valence-electron chi connectivity index (χ4n) is 3.84. The summed E-state index contributed by atoms with van der Waals surface area (Å²) in [6, 6.07) is 3.80. The number of aliphatic hydroxyl groups is 1. The lowest BCUT2D eigenvalue weighted by Crippen LogP contribution is -2.40. The average molecular weight is 373 g/mol. The Balaban J connectivity index is 2.25. The molecule has 6 heteroatoms. The Labute approximate surface area is 158 Å². The predicted octanol–water partition coefficient (Wildman–Crippen LogP) is 3.31. The summed E-state index contributed by atoms with van der Waals surface area (Å²) in [7, 11) is 0. The molecule has 0 fully saturated rings. The maximum absolute atomic E-state index is 14.0. The summed E-state index contributed by atoms with van der Waals surface area (Å²) in [6.07, 6.45) is 6.82. The van der Waals surface area contributed by atoms with Crippen LogP contribution in [0.5, 0.6) is 0 Å². The first kappa shape index (κ1) is 19.6. The molecule has 0 aliphatic heterocycles. The minimum atomic E-state index is -0.796. The smallest absolute Gasteiger partial charge is 0.330 e. The Morgan fingerprint density at radius 3 is 2.67 bits per heavy atom. The quantitative estimate of drug-likeness (QED) is 0.783. The fraction of sp³-hybridized carbons (Fsp3) is 0.476. The van der Waals surface area contributed by atoms with Gasteiger partial charge in [0.25, 0.3) is 0 Å². The molecule has 2 N–H and O–H groups in total. The minimum absolute atomic E-state index is 0.0708. The van der Waals surface area contributed by atoms with Gasteiger partial charge in [0, 0.05) is 12.6 Å². The molecule has 0 amide bonds. The van der Waals surface area contributed by atoms with Gasteiger partial charge in [-0.25, -0.2) is 9.18 Å². The Morgan fingerprint density at radius 2 is 2.04 bits per heavy atom. The number of aromatic nitrogens is 2. The molecule has 146 valence electrons. The van der Waals surface area contributed by atoms with Crippen molar-refractivity contribution in [2.45, 2.75) is 51.8 Å². The van der Waals surface area contributed by atoms with Crippen molar-refractivity contribution in [1.29, 1.82) is 0 Å². The summed E-state index contributed by atoms with van der Waals surface area (Å²) in [4.78, 5) is 13.3. The largest absolute Gasteiger partial charge is 0.389 e. The van der Waals surface area contributed by atoms with Crippen LogP contribution >= 0.6 is 0 Å². The predicted molar refractivity (Wildman–Crippen MR) is 107 cm³/mol. The number of fused-ring (bicyclic) bond motifs is 1. The molecule has 0 saturated carbocycles.